The zero-order valence-corrected chi connectivity index (χ0v) is 10.3. The van der Waals surface area contributed by atoms with Crippen LogP contribution in [0.3, 0.4) is 0 Å². The maximum Gasteiger partial charge on any atom is 0.331 e. The van der Waals surface area contributed by atoms with Crippen LogP contribution in [0.25, 0.3) is 0 Å². The Morgan fingerprint density at radius 1 is 1.11 bits per heavy atom. The number of carboxylic acid groups (broad SMARTS) is 1. The molecule has 0 aromatic heterocycles. The van der Waals surface area contributed by atoms with Gasteiger partial charge in [0.1, 0.15) is 6.29 Å². The average Bonchev–Trinajstić information content (AvgIpc) is 2.26. The summed E-state index contributed by atoms with van der Waals surface area (Å²) in [5.41, 5.74) is -0.127. The Morgan fingerprint density at radius 2 is 1.67 bits per heavy atom. The Hall–Kier alpha value is -2.24. The summed E-state index contributed by atoms with van der Waals surface area (Å²) in [6.45, 7) is 3.60. The molecule has 0 spiro atoms. The first-order valence-electron chi connectivity index (χ1n) is 5.04. The molecule has 0 rings (SSSR count). The van der Waals surface area contributed by atoms with Crippen molar-refractivity contribution in [2.75, 3.05) is 0 Å². The molecular weight excluding hydrogens is 240 g/mol. The molecule has 0 radical (unpaired) electrons. The number of carbonyl (C=O) groups is 4. The second-order valence-electron chi connectivity index (χ2n) is 3.54. The van der Waals surface area contributed by atoms with Crippen LogP contribution in [0.15, 0.2) is 23.3 Å². The number of aliphatic carboxylic acids is 1. The van der Waals surface area contributed by atoms with Gasteiger partial charge in [-0.15, -0.1) is 0 Å². The highest BCUT2D eigenvalue weighted by molar-refractivity contribution is 5.94. The normalized spacial score (nSPS) is 13.7. The van der Waals surface area contributed by atoms with E-state index in [1.54, 1.807) is 0 Å². The van der Waals surface area contributed by atoms with E-state index in [1.807, 2.05) is 0 Å². The smallest absolute Gasteiger partial charge is 0.331 e. The molecule has 0 aromatic rings. The second-order valence-corrected chi connectivity index (χ2v) is 3.54. The topological polar surface area (TPSA) is 97.7 Å². The number of aldehydes is 1. The van der Waals surface area contributed by atoms with Crippen molar-refractivity contribution in [2.45, 2.75) is 26.9 Å². The number of ketones is 1. The minimum Gasteiger partial charge on any atom is -0.478 e. The molecule has 6 nitrogen and oxygen atoms in total. The number of Topliss-reactive ketones (excluding diaryl/α,β-unsaturated/α-hetero) is 1. The Balaban J connectivity index is 5.25. The number of allylic oxidation sites excluding steroid dienone is 2. The molecule has 98 valence electrons. The van der Waals surface area contributed by atoms with E-state index in [0.29, 0.717) is 6.29 Å². The molecule has 0 amide bonds. The van der Waals surface area contributed by atoms with Gasteiger partial charge in [0.15, 0.2) is 11.9 Å². The number of carbonyl (C=O) groups excluding carboxylic acids is 3. The van der Waals surface area contributed by atoms with Crippen LogP contribution in [0.4, 0.5) is 0 Å². The highest BCUT2D eigenvalue weighted by atomic mass is 16.5. The molecule has 1 atom stereocenters. The quantitative estimate of drug-likeness (QED) is 0.323. The number of hydrogen-bond acceptors (Lipinski definition) is 5. The van der Waals surface area contributed by atoms with Crippen molar-refractivity contribution < 1.29 is 29.0 Å². The molecule has 0 aliphatic heterocycles. The molecule has 0 aliphatic rings. The zero-order valence-electron chi connectivity index (χ0n) is 10.3. The first kappa shape index (κ1) is 15.8. The van der Waals surface area contributed by atoms with Crippen LogP contribution >= 0.6 is 0 Å². The lowest BCUT2D eigenvalue weighted by Gasteiger charge is -2.13. The SMILES string of the molecule is CC(=O)OC(C(C)=O)C(C=O)=CC=C(C)C(=O)O. The first-order chi connectivity index (χ1) is 8.29. The molecular formula is C12H14O6. The third kappa shape index (κ3) is 5.20. The van der Waals surface area contributed by atoms with E-state index < -0.39 is 23.8 Å². The van der Waals surface area contributed by atoms with E-state index in [9.17, 15) is 19.2 Å². The van der Waals surface area contributed by atoms with Crippen LogP contribution in [-0.2, 0) is 23.9 Å². The maximum atomic E-state index is 11.2. The number of carboxylic acids is 1. The molecule has 0 heterocycles. The molecule has 0 fully saturated rings. The fourth-order valence-corrected chi connectivity index (χ4v) is 1.03. The molecule has 0 saturated carbocycles. The molecule has 0 bridgehead atoms. The summed E-state index contributed by atoms with van der Waals surface area (Å²) in [6, 6.07) is 0. The summed E-state index contributed by atoms with van der Waals surface area (Å²) in [7, 11) is 0. The van der Waals surface area contributed by atoms with Gasteiger partial charge in [-0.05, 0) is 13.8 Å². The third-order valence-electron chi connectivity index (χ3n) is 1.95. The van der Waals surface area contributed by atoms with Crippen molar-refractivity contribution in [1.29, 1.82) is 0 Å². The Bertz CT molecular complexity index is 430. The fourth-order valence-electron chi connectivity index (χ4n) is 1.03. The van der Waals surface area contributed by atoms with Crippen molar-refractivity contribution in [3.05, 3.63) is 23.3 Å². The van der Waals surface area contributed by atoms with Crippen molar-refractivity contribution in [1.82, 2.24) is 0 Å². The minimum absolute atomic E-state index is 0.0144. The van der Waals surface area contributed by atoms with Crippen molar-refractivity contribution in [3.8, 4) is 0 Å². The van der Waals surface area contributed by atoms with Gasteiger partial charge >= 0.3 is 11.9 Å². The van der Waals surface area contributed by atoms with Gasteiger partial charge in [-0.2, -0.15) is 0 Å². The Morgan fingerprint density at radius 3 is 2.00 bits per heavy atom. The van der Waals surface area contributed by atoms with Gasteiger partial charge in [-0.3, -0.25) is 14.4 Å². The standard InChI is InChI=1S/C12H14O6/c1-7(12(16)17)4-5-10(6-13)11(8(2)14)18-9(3)15/h4-6,11H,1-3H3,(H,16,17). The van der Waals surface area contributed by atoms with E-state index in [-0.39, 0.29) is 11.1 Å². The van der Waals surface area contributed by atoms with Crippen LogP contribution in [0.5, 0.6) is 0 Å². The minimum atomic E-state index is -1.31. The van der Waals surface area contributed by atoms with Gasteiger partial charge in [0.05, 0.1) is 0 Å². The van der Waals surface area contributed by atoms with Crippen LogP contribution in [0, 0.1) is 0 Å². The van der Waals surface area contributed by atoms with Gasteiger partial charge in [-0.25, -0.2) is 4.79 Å². The summed E-state index contributed by atoms with van der Waals surface area (Å²) in [5.74, 6) is -2.38. The highest BCUT2D eigenvalue weighted by Crippen LogP contribution is 2.08. The van der Waals surface area contributed by atoms with Crippen molar-refractivity contribution >= 4 is 24.0 Å². The zero-order chi connectivity index (χ0) is 14.3. The van der Waals surface area contributed by atoms with Crippen LogP contribution < -0.4 is 0 Å². The molecule has 18 heavy (non-hydrogen) atoms. The lowest BCUT2D eigenvalue weighted by molar-refractivity contribution is -0.150. The van der Waals surface area contributed by atoms with E-state index in [4.69, 9.17) is 9.84 Å². The summed E-state index contributed by atoms with van der Waals surface area (Å²) in [4.78, 5) is 43.4. The largest absolute Gasteiger partial charge is 0.478 e. The lowest BCUT2D eigenvalue weighted by Crippen LogP contribution is -2.27. The predicted molar refractivity (Wildman–Crippen MR) is 61.8 cm³/mol. The second kappa shape index (κ2) is 7.16. The molecule has 1 unspecified atom stereocenters. The maximum absolute atomic E-state index is 11.2. The van der Waals surface area contributed by atoms with Gasteiger partial charge < -0.3 is 9.84 Å². The summed E-state index contributed by atoms with van der Waals surface area (Å²) >= 11 is 0. The third-order valence-corrected chi connectivity index (χ3v) is 1.95. The van der Waals surface area contributed by atoms with Crippen LogP contribution in [-0.4, -0.2) is 35.2 Å². The summed E-state index contributed by atoms with van der Waals surface area (Å²) in [5, 5.41) is 8.62. The summed E-state index contributed by atoms with van der Waals surface area (Å²) in [6.07, 6.45) is 1.34. The van der Waals surface area contributed by atoms with E-state index in [1.165, 1.54) is 13.8 Å². The Labute approximate surface area is 104 Å². The fraction of sp³-hybridized carbons (Fsp3) is 0.333. The van der Waals surface area contributed by atoms with Gasteiger partial charge in [-0.1, -0.05) is 12.2 Å². The average molecular weight is 254 g/mol. The van der Waals surface area contributed by atoms with Crippen molar-refractivity contribution in [3.63, 3.8) is 0 Å². The number of ether oxygens (including phenoxy) is 1. The van der Waals surface area contributed by atoms with E-state index >= 15 is 0 Å². The van der Waals surface area contributed by atoms with E-state index in [2.05, 4.69) is 0 Å². The van der Waals surface area contributed by atoms with Gasteiger partial charge in [0, 0.05) is 18.1 Å². The predicted octanol–water partition coefficient (Wildman–Crippen LogP) is 0.663. The monoisotopic (exact) mass is 254 g/mol. The Kier molecular flexibility index (Phi) is 6.27. The van der Waals surface area contributed by atoms with Crippen LogP contribution in [0.2, 0.25) is 0 Å². The summed E-state index contributed by atoms with van der Waals surface area (Å²) < 4.78 is 4.69. The molecule has 0 aliphatic carbocycles. The number of rotatable bonds is 6. The number of hydrogen-bond donors (Lipinski definition) is 1. The molecule has 0 saturated heterocycles. The van der Waals surface area contributed by atoms with Crippen LogP contribution in [0.1, 0.15) is 20.8 Å². The number of esters is 1. The van der Waals surface area contributed by atoms with Gasteiger partial charge in [0.25, 0.3) is 0 Å². The highest BCUT2D eigenvalue weighted by Gasteiger charge is 2.21. The van der Waals surface area contributed by atoms with Gasteiger partial charge in [0.2, 0.25) is 0 Å². The molecule has 1 N–H and O–H groups in total. The molecule has 6 heteroatoms. The van der Waals surface area contributed by atoms with Crippen molar-refractivity contribution in [2.24, 2.45) is 0 Å². The first-order valence-corrected chi connectivity index (χ1v) is 5.04. The lowest BCUT2D eigenvalue weighted by atomic mass is 10.1. The molecule has 0 aromatic carbocycles. The van der Waals surface area contributed by atoms with E-state index in [0.717, 1.165) is 19.1 Å².